The van der Waals surface area contributed by atoms with Crippen molar-refractivity contribution in [3.05, 3.63) is 173 Å². The molecule has 0 bridgehead atoms. The molecule has 0 spiro atoms. The fraction of sp³-hybridized carbons (Fsp3) is 0.217. The SMILES string of the molecule is COc1ccc(C2N(c3ccccc3)c3c(nc(N)n(-c4ccccc4)c3=O)N2C(OCCCOC(=O)COCc2ccccc2)OC(=O)COCc2ccccc2)cc1. The smallest absolute Gasteiger partial charge is 0.335 e. The second-order valence-corrected chi connectivity index (χ2v) is 13.6. The highest BCUT2D eigenvalue weighted by Gasteiger charge is 2.47. The Labute approximate surface area is 347 Å². The molecule has 0 fully saturated rings. The number of carbonyl (C=O) groups is 2. The summed E-state index contributed by atoms with van der Waals surface area (Å²) in [5.74, 6) is -0.659. The molecule has 6 aromatic rings. The number of anilines is 4. The topological polar surface area (TPSA) is 157 Å². The van der Waals surface area contributed by atoms with Crippen LogP contribution < -0.4 is 25.8 Å². The Kier molecular flexibility index (Phi) is 13.8. The van der Waals surface area contributed by atoms with Gasteiger partial charge in [-0.3, -0.25) is 9.69 Å². The van der Waals surface area contributed by atoms with Crippen molar-refractivity contribution in [2.24, 2.45) is 0 Å². The summed E-state index contributed by atoms with van der Waals surface area (Å²) in [6, 6.07) is 44.5. The van der Waals surface area contributed by atoms with E-state index in [1.165, 1.54) is 4.57 Å². The highest BCUT2D eigenvalue weighted by molar-refractivity contribution is 5.83. The number of aromatic nitrogens is 2. The molecule has 1 aliphatic heterocycles. The van der Waals surface area contributed by atoms with E-state index in [4.69, 9.17) is 39.1 Å². The van der Waals surface area contributed by atoms with E-state index in [9.17, 15) is 14.4 Å². The van der Waals surface area contributed by atoms with Gasteiger partial charge in [-0.15, -0.1) is 0 Å². The molecule has 14 heteroatoms. The lowest BCUT2D eigenvalue weighted by Crippen LogP contribution is -2.45. The monoisotopic (exact) mass is 811 g/mol. The molecule has 2 heterocycles. The molecule has 2 unspecified atom stereocenters. The summed E-state index contributed by atoms with van der Waals surface area (Å²) in [6.07, 6.45) is -2.13. The van der Waals surface area contributed by atoms with Gasteiger partial charge in [0.05, 0.1) is 39.2 Å². The minimum absolute atomic E-state index is 0.00397. The molecule has 2 N–H and O–H groups in total. The third kappa shape index (κ3) is 9.99. The molecule has 0 aliphatic carbocycles. The lowest BCUT2D eigenvalue weighted by molar-refractivity contribution is -0.185. The molecule has 1 aromatic heterocycles. The van der Waals surface area contributed by atoms with Crippen LogP contribution in [0.25, 0.3) is 5.69 Å². The summed E-state index contributed by atoms with van der Waals surface area (Å²) in [5, 5.41) is 0. The van der Waals surface area contributed by atoms with Crippen LogP contribution in [0.4, 0.5) is 23.1 Å². The van der Waals surface area contributed by atoms with E-state index in [0.717, 1.165) is 11.1 Å². The lowest BCUT2D eigenvalue weighted by Gasteiger charge is -2.36. The molecule has 0 amide bonds. The molecule has 5 aromatic carbocycles. The first kappa shape index (κ1) is 41.2. The van der Waals surface area contributed by atoms with Crippen molar-refractivity contribution in [1.29, 1.82) is 0 Å². The van der Waals surface area contributed by atoms with Crippen molar-refractivity contribution in [1.82, 2.24) is 9.55 Å². The summed E-state index contributed by atoms with van der Waals surface area (Å²) >= 11 is 0. The molecular weight excluding hydrogens is 767 g/mol. The number of hydrogen-bond acceptors (Lipinski definition) is 13. The average molecular weight is 812 g/mol. The second kappa shape index (κ2) is 20.1. The number of nitrogens with two attached hydrogens (primary N) is 1. The number of nitrogen functional groups attached to an aromatic ring is 1. The average Bonchev–Trinajstić information content (AvgIpc) is 3.62. The van der Waals surface area contributed by atoms with Gasteiger partial charge in [-0.2, -0.15) is 4.98 Å². The molecule has 0 saturated carbocycles. The molecule has 60 heavy (non-hydrogen) atoms. The summed E-state index contributed by atoms with van der Waals surface area (Å²) in [7, 11) is 1.57. The Bertz CT molecular complexity index is 2370. The van der Waals surface area contributed by atoms with Gasteiger partial charge in [0.2, 0.25) is 5.95 Å². The van der Waals surface area contributed by atoms with Crippen LogP contribution >= 0.6 is 0 Å². The highest BCUT2D eigenvalue weighted by atomic mass is 16.7. The minimum Gasteiger partial charge on any atom is -0.497 e. The Morgan fingerprint density at radius 2 is 1.25 bits per heavy atom. The molecule has 0 saturated heterocycles. The normalized spacial score (nSPS) is 13.7. The van der Waals surface area contributed by atoms with E-state index >= 15 is 0 Å². The Balaban J connectivity index is 1.21. The summed E-state index contributed by atoms with van der Waals surface area (Å²) in [6.45, 7) is -0.239. The Morgan fingerprint density at radius 3 is 1.83 bits per heavy atom. The van der Waals surface area contributed by atoms with Gasteiger partial charge in [0.25, 0.3) is 12.0 Å². The number of nitrogens with zero attached hydrogens (tertiary/aromatic N) is 4. The van der Waals surface area contributed by atoms with Crippen LogP contribution in [0, 0.1) is 0 Å². The number of esters is 2. The minimum atomic E-state index is -1.49. The van der Waals surface area contributed by atoms with E-state index in [-0.39, 0.29) is 56.9 Å². The predicted molar refractivity (Wildman–Crippen MR) is 225 cm³/mol. The first-order chi connectivity index (χ1) is 29.4. The third-order valence-corrected chi connectivity index (χ3v) is 9.46. The van der Waals surface area contributed by atoms with Crippen LogP contribution in [0.1, 0.15) is 29.3 Å². The zero-order valence-corrected chi connectivity index (χ0v) is 33.0. The number of para-hydroxylation sites is 2. The maximum absolute atomic E-state index is 14.9. The van der Waals surface area contributed by atoms with E-state index in [2.05, 4.69) is 0 Å². The molecule has 2 atom stereocenters. The molecule has 7 rings (SSSR count). The van der Waals surface area contributed by atoms with Gasteiger partial charge in [0, 0.05) is 12.1 Å². The molecule has 308 valence electrons. The van der Waals surface area contributed by atoms with Crippen molar-refractivity contribution in [3.63, 3.8) is 0 Å². The quantitative estimate of drug-likeness (QED) is 0.0525. The number of methoxy groups -OCH3 is 1. The summed E-state index contributed by atoms with van der Waals surface area (Å²) in [4.78, 5) is 49.3. The van der Waals surface area contributed by atoms with Crippen LogP contribution in [0.15, 0.2) is 150 Å². The van der Waals surface area contributed by atoms with Crippen molar-refractivity contribution < 1.29 is 38.0 Å². The van der Waals surface area contributed by atoms with Crippen LogP contribution in [0.3, 0.4) is 0 Å². The first-order valence-corrected chi connectivity index (χ1v) is 19.4. The largest absolute Gasteiger partial charge is 0.497 e. The van der Waals surface area contributed by atoms with E-state index in [0.29, 0.717) is 22.7 Å². The van der Waals surface area contributed by atoms with Crippen molar-refractivity contribution >= 4 is 35.1 Å². The van der Waals surface area contributed by atoms with Gasteiger partial charge in [-0.05, 0) is 53.1 Å². The van der Waals surface area contributed by atoms with Gasteiger partial charge in [-0.25, -0.2) is 14.2 Å². The highest BCUT2D eigenvalue weighted by Crippen LogP contribution is 2.49. The number of carbonyl (C=O) groups excluding carboxylic acids is 2. The van der Waals surface area contributed by atoms with Crippen LogP contribution in [0.2, 0.25) is 0 Å². The number of benzene rings is 5. The van der Waals surface area contributed by atoms with Crippen LogP contribution in [0.5, 0.6) is 5.75 Å². The van der Waals surface area contributed by atoms with E-state index in [1.54, 1.807) is 48.4 Å². The maximum Gasteiger partial charge on any atom is 0.335 e. The molecule has 1 aliphatic rings. The molecule has 14 nitrogen and oxygen atoms in total. The second-order valence-electron chi connectivity index (χ2n) is 13.6. The first-order valence-electron chi connectivity index (χ1n) is 19.4. The van der Waals surface area contributed by atoms with E-state index < -0.39 is 36.7 Å². The zero-order valence-electron chi connectivity index (χ0n) is 33.0. The van der Waals surface area contributed by atoms with Crippen molar-refractivity contribution in [2.45, 2.75) is 32.2 Å². The number of hydrogen-bond donors (Lipinski definition) is 1. The number of rotatable bonds is 19. The fourth-order valence-electron chi connectivity index (χ4n) is 6.70. The lowest BCUT2D eigenvalue weighted by atomic mass is 10.1. The van der Waals surface area contributed by atoms with Gasteiger partial charge < -0.3 is 39.1 Å². The van der Waals surface area contributed by atoms with Gasteiger partial charge in [0.1, 0.15) is 25.1 Å². The maximum atomic E-state index is 14.9. The Morgan fingerprint density at radius 1 is 0.700 bits per heavy atom. The van der Waals surface area contributed by atoms with Crippen molar-refractivity contribution in [2.75, 3.05) is 49.1 Å². The number of ether oxygens (including phenoxy) is 6. The van der Waals surface area contributed by atoms with Gasteiger partial charge in [0.15, 0.2) is 11.5 Å². The third-order valence-electron chi connectivity index (χ3n) is 9.46. The summed E-state index contributed by atoms with van der Waals surface area (Å²) < 4.78 is 36.0. The van der Waals surface area contributed by atoms with Gasteiger partial charge in [-0.1, -0.05) is 109 Å². The standard InChI is InChI=1S/C46H45N5O9/c1-55-38-25-23-35(24-26-38)43-49(36-19-10-4-11-20-36)41-42(48-45(47)50(44(41)54)37-21-12-5-13-22-37)51(43)46(60-40(53)32-57-30-34-17-8-3-9-18-34)59-28-14-27-58-39(52)31-56-29-33-15-6-2-7-16-33/h2-13,15-26,43,46H,14,27-32H2,1H3,(H2,47,48). The van der Waals surface area contributed by atoms with Crippen LogP contribution in [-0.2, 0) is 46.5 Å². The summed E-state index contributed by atoms with van der Waals surface area (Å²) in [5.41, 5.74) is 9.95. The predicted octanol–water partition coefficient (Wildman–Crippen LogP) is 6.69. The van der Waals surface area contributed by atoms with Gasteiger partial charge >= 0.3 is 11.9 Å². The molecular formula is C46H45N5O9. The van der Waals surface area contributed by atoms with Crippen LogP contribution in [-0.4, -0.2) is 61.4 Å². The fourth-order valence-corrected chi connectivity index (χ4v) is 6.70. The Hall–Kier alpha value is -7.00. The zero-order chi connectivity index (χ0) is 41.7. The van der Waals surface area contributed by atoms with E-state index in [1.807, 2.05) is 114 Å². The van der Waals surface area contributed by atoms with Crippen molar-refractivity contribution in [3.8, 4) is 11.4 Å². The number of fused-ring (bicyclic) bond motifs is 1. The molecule has 0 radical (unpaired) electrons.